The molecular weight excluding hydrogens is 337 g/mol. The maximum Gasteiger partial charge on any atom is 0.573 e. The van der Waals surface area contributed by atoms with Gasteiger partial charge < -0.3 is 10.1 Å². The van der Waals surface area contributed by atoms with Crippen molar-refractivity contribution in [1.29, 1.82) is 0 Å². The van der Waals surface area contributed by atoms with Gasteiger partial charge in [-0.15, -0.1) is 13.2 Å². The third kappa shape index (κ3) is 3.63. The van der Waals surface area contributed by atoms with Gasteiger partial charge in [-0.1, -0.05) is 30.3 Å². The molecule has 25 heavy (non-hydrogen) atoms. The summed E-state index contributed by atoms with van der Waals surface area (Å²) in [5, 5.41) is 4.81. The largest absolute Gasteiger partial charge is 0.573 e. The van der Waals surface area contributed by atoms with Crippen molar-refractivity contribution in [2.24, 2.45) is 0 Å². The lowest BCUT2D eigenvalue weighted by atomic mass is 9.96. The Bertz CT molecular complexity index is 875. The zero-order valence-corrected chi connectivity index (χ0v) is 12.6. The van der Waals surface area contributed by atoms with Crippen LogP contribution in [0.5, 0.6) is 5.75 Å². The molecule has 128 valence electrons. The van der Waals surface area contributed by atoms with E-state index in [-0.39, 0.29) is 11.3 Å². The van der Waals surface area contributed by atoms with Crippen LogP contribution in [-0.2, 0) is 4.79 Å². The summed E-state index contributed by atoms with van der Waals surface area (Å²) in [6.07, 6.45) is -3.61. The molecule has 2 amide bonds. The summed E-state index contributed by atoms with van der Waals surface area (Å²) >= 11 is 0. The van der Waals surface area contributed by atoms with E-state index in [1.807, 2.05) is 0 Å². The summed E-state index contributed by atoms with van der Waals surface area (Å²) in [7, 11) is 0. The number of benzene rings is 2. The first kappa shape index (κ1) is 16.6. The van der Waals surface area contributed by atoms with E-state index in [9.17, 15) is 22.8 Å². The summed E-state index contributed by atoms with van der Waals surface area (Å²) in [6.45, 7) is 0. The smallest absolute Gasteiger partial charge is 0.404 e. The number of nitrogens with one attached hydrogen (secondary N) is 2. The highest BCUT2D eigenvalue weighted by Gasteiger charge is 2.32. The van der Waals surface area contributed by atoms with E-state index in [0.29, 0.717) is 11.1 Å². The molecule has 0 aromatic heterocycles. The molecule has 0 unspecified atom stereocenters. The first-order valence-corrected chi connectivity index (χ1v) is 7.12. The number of imide groups is 1. The Hall–Kier alpha value is -3.29. The normalized spacial score (nSPS) is 15.6. The Morgan fingerprint density at radius 2 is 1.56 bits per heavy atom. The molecule has 0 saturated carbocycles. The number of ether oxygens (including phenoxy) is 1. The van der Waals surface area contributed by atoms with Crippen LogP contribution in [0.1, 0.15) is 15.9 Å². The van der Waals surface area contributed by atoms with Crippen LogP contribution in [0.25, 0.3) is 5.57 Å². The first-order chi connectivity index (χ1) is 11.8. The predicted octanol–water partition coefficient (Wildman–Crippen LogP) is 3.31. The van der Waals surface area contributed by atoms with Crippen LogP contribution in [0.2, 0.25) is 0 Å². The monoisotopic (exact) mass is 348 g/mol. The highest BCUT2D eigenvalue weighted by molar-refractivity contribution is 6.31. The molecule has 0 saturated heterocycles. The zero-order valence-electron chi connectivity index (χ0n) is 12.6. The number of rotatable bonds is 3. The third-order valence-electron chi connectivity index (χ3n) is 3.42. The Kier molecular flexibility index (Phi) is 4.18. The Morgan fingerprint density at radius 1 is 0.920 bits per heavy atom. The molecule has 2 N–H and O–H groups in total. The van der Waals surface area contributed by atoms with E-state index in [1.54, 1.807) is 24.3 Å². The van der Waals surface area contributed by atoms with Crippen molar-refractivity contribution in [2.45, 2.75) is 6.36 Å². The van der Waals surface area contributed by atoms with Crippen LogP contribution in [-0.4, -0.2) is 18.2 Å². The minimum Gasteiger partial charge on any atom is -0.404 e. The second-order valence-corrected chi connectivity index (χ2v) is 5.08. The minimum atomic E-state index is -4.84. The molecule has 1 heterocycles. The van der Waals surface area contributed by atoms with Gasteiger partial charge in [0.05, 0.1) is 11.3 Å². The van der Waals surface area contributed by atoms with Crippen LogP contribution in [0.3, 0.4) is 0 Å². The van der Waals surface area contributed by atoms with Gasteiger partial charge in [-0.2, -0.15) is 0 Å². The average molecular weight is 348 g/mol. The van der Waals surface area contributed by atoms with Crippen LogP contribution in [0.15, 0.2) is 54.7 Å². The molecule has 1 aliphatic heterocycles. The quantitative estimate of drug-likeness (QED) is 0.660. The predicted molar refractivity (Wildman–Crippen MR) is 83.6 cm³/mol. The minimum absolute atomic E-state index is 0.0227. The number of para-hydroxylation sites is 2. The molecule has 0 aliphatic carbocycles. The number of anilines is 1. The number of halogens is 3. The summed E-state index contributed by atoms with van der Waals surface area (Å²) in [5.41, 5.74) is 0.833. The number of hydrogen-bond acceptors (Lipinski definition) is 4. The number of carbonyl (C=O) groups excluding carboxylic acids is 2. The number of fused-ring (bicyclic) bond motifs is 1. The maximum absolute atomic E-state index is 12.5. The van der Waals surface area contributed by atoms with Crippen molar-refractivity contribution >= 4 is 23.1 Å². The van der Waals surface area contributed by atoms with Gasteiger partial charge in [-0.3, -0.25) is 14.9 Å². The second kappa shape index (κ2) is 6.31. The fourth-order valence-electron chi connectivity index (χ4n) is 2.37. The third-order valence-corrected chi connectivity index (χ3v) is 3.42. The highest BCUT2D eigenvalue weighted by atomic mass is 19.4. The molecule has 2 aromatic rings. The van der Waals surface area contributed by atoms with Crippen LogP contribution in [0.4, 0.5) is 18.9 Å². The first-order valence-electron chi connectivity index (χ1n) is 7.12. The summed E-state index contributed by atoms with van der Waals surface area (Å²) in [6, 6.07) is 11.8. The molecule has 2 aromatic carbocycles. The molecule has 3 rings (SSSR count). The number of amides is 2. The lowest BCUT2D eigenvalue weighted by molar-refractivity contribution is -0.274. The van der Waals surface area contributed by atoms with E-state index in [1.165, 1.54) is 24.4 Å². The van der Waals surface area contributed by atoms with Crippen LogP contribution >= 0.6 is 0 Å². The standard InChI is InChI=1S/C17H11F3N2O3/c18-17(19,20)25-14-8-4-3-7-13(14)21-9-12-10-5-1-2-6-11(10)15(23)22-16(12)24/h1-9,21H,(H,22,23,24)/b12-9-. The van der Waals surface area contributed by atoms with Crippen LogP contribution in [0, 0.1) is 0 Å². The molecule has 0 bridgehead atoms. The van der Waals surface area contributed by atoms with Crippen LogP contribution < -0.4 is 15.4 Å². The molecule has 0 radical (unpaired) electrons. The van der Waals surface area contributed by atoms with Crippen molar-refractivity contribution in [3.8, 4) is 5.75 Å². The van der Waals surface area contributed by atoms with E-state index < -0.39 is 23.9 Å². The Balaban J connectivity index is 1.94. The van der Waals surface area contributed by atoms with Gasteiger partial charge >= 0.3 is 6.36 Å². The fourth-order valence-corrected chi connectivity index (χ4v) is 2.37. The van der Waals surface area contributed by atoms with Gasteiger partial charge in [-0.25, -0.2) is 0 Å². The highest BCUT2D eigenvalue weighted by Crippen LogP contribution is 2.31. The van der Waals surface area contributed by atoms with E-state index in [0.717, 1.165) is 6.07 Å². The zero-order chi connectivity index (χ0) is 18.0. The molecule has 1 aliphatic rings. The number of carbonyl (C=O) groups is 2. The SMILES string of the molecule is O=C1NC(=O)c2ccccc2/C1=C/Nc1ccccc1OC(F)(F)F. The number of hydrogen-bond donors (Lipinski definition) is 2. The second-order valence-electron chi connectivity index (χ2n) is 5.08. The van der Waals surface area contributed by atoms with Gasteiger partial charge in [0.25, 0.3) is 11.8 Å². The van der Waals surface area contributed by atoms with Gasteiger partial charge in [0.1, 0.15) is 0 Å². The van der Waals surface area contributed by atoms with Gasteiger partial charge in [-0.05, 0) is 18.2 Å². The summed E-state index contributed by atoms with van der Waals surface area (Å²) in [4.78, 5) is 23.9. The Morgan fingerprint density at radius 3 is 2.28 bits per heavy atom. The van der Waals surface area contributed by atoms with Crippen molar-refractivity contribution in [1.82, 2.24) is 5.32 Å². The van der Waals surface area contributed by atoms with Crippen molar-refractivity contribution < 1.29 is 27.5 Å². The van der Waals surface area contributed by atoms with Gasteiger partial charge in [0.2, 0.25) is 0 Å². The lowest BCUT2D eigenvalue weighted by Crippen LogP contribution is -2.36. The maximum atomic E-state index is 12.5. The topological polar surface area (TPSA) is 67.4 Å². The number of alkyl halides is 3. The summed E-state index contributed by atoms with van der Waals surface area (Å²) < 4.78 is 41.3. The van der Waals surface area contributed by atoms with E-state index in [4.69, 9.17) is 0 Å². The molecule has 0 fully saturated rings. The van der Waals surface area contributed by atoms with Crippen molar-refractivity contribution in [2.75, 3.05) is 5.32 Å². The Labute approximate surface area is 140 Å². The molecular formula is C17H11F3N2O3. The van der Waals surface area contributed by atoms with E-state index >= 15 is 0 Å². The average Bonchev–Trinajstić information content (AvgIpc) is 2.54. The molecule has 0 spiro atoms. The molecule has 5 nitrogen and oxygen atoms in total. The van der Waals surface area contributed by atoms with E-state index in [2.05, 4.69) is 15.4 Å². The fraction of sp³-hybridized carbons (Fsp3) is 0.0588. The molecule has 0 atom stereocenters. The van der Waals surface area contributed by atoms with Crippen molar-refractivity contribution in [3.05, 3.63) is 65.9 Å². The van der Waals surface area contributed by atoms with Gasteiger partial charge in [0, 0.05) is 17.3 Å². The van der Waals surface area contributed by atoms with Gasteiger partial charge in [0.15, 0.2) is 5.75 Å². The molecule has 8 heteroatoms. The summed E-state index contributed by atoms with van der Waals surface area (Å²) in [5.74, 6) is -1.61. The van der Waals surface area contributed by atoms with Crippen molar-refractivity contribution in [3.63, 3.8) is 0 Å². The lowest BCUT2D eigenvalue weighted by Gasteiger charge is -2.18.